The van der Waals surface area contributed by atoms with Gasteiger partial charge in [-0.05, 0) is 312 Å². The summed E-state index contributed by atoms with van der Waals surface area (Å²) in [5.41, 5.74) is 12.8. The van der Waals surface area contributed by atoms with Crippen molar-refractivity contribution in [2.24, 2.45) is 145 Å². The second-order valence-corrected chi connectivity index (χ2v) is 36.3. The molecular formula is C78H120O6. The highest BCUT2D eigenvalue weighted by Gasteiger charge is 2.72. The van der Waals surface area contributed by atoms with E-state index in [0.29, 0.717) is 94.7 Å². The van der Waals surface area contributed by atoms with Gasteiger partial charge in [-0.3, -0.25) is 9.59 Å². The number of allylic oxidation sites excluding steroid dienone is 8. The number of carbonyl (C=O) groups excluding carboxylic acids is 1. The minimum absolute atomic E-state index is 0.0839. The maximum absolute atomic E-state index is 13.1. The van der Waals surface area contributed by atoms with Gasteiger partial charge in [-0.1, -0.05) is 119 Å². The predicted molar refractivity (Wildman–Crippen MR) is 339 cm³/mol. The number of aliphatic carboxylic acids is 1. The molecule has 10 saturated carbocycles. The van der Waals surface area contributed by atoms with Crippen molar-refractivity contribution in [1.82, 2.24) is 0 Å². The van der Waals surface area contributed by atoms with Gasteiger partial charge in [0, 0.05) is 17.8 Å². The number of ether oxygens (including phenoxy) is 1. The molecule has 14 aliphatic rings. The first-order valence-electron chi connectivity index (χ1n) is 36.0. The van der Waals surface area contributed by atoms with Crippen LogP contribution >= 0.6 is 0 Å². The second-order valence-electron chi connectivity index (χ2n) is 36.3. The van der Waals surface area contributed by atoms with E-state index < -0.39 is 28.2 Å². The molecule has 0 radical (unpaired) electrons. The number of aliphatic hydroxyl groups is 2. The molecule has 14 aliphatic carbocycles. The Morgan fingerprint density at radius 2 is 0.905 bits per heavy atom. The maximum Gasteiger partial charge on any atom is 0.309 e. The topological polar surface area (TPSA) is 104 Å². The van der Waals surface area contributed by atoms with Crippen LogP contribution in [0.5, 0.6) is 0 Å². The summed E-state index contributed by atoms with van der Waals surface area (Å²) in [6, 6.07) is 0. The zero-order valence-electron chi connectivity index (χ0n) is 56.2. The predicted octanol–water partition coefficient (Wildman–Crippen LogP) is 18.7. The van der Waals surface area contributed by atoms with Gasteiger partial charge in [0.1, 0.15) is 5.60 Å². The fourth-order valence-corrected chi connectivity index (χ4v) is 28.6. The first-order valence-corrected chi connectivity index (χ1v) is 36.0. The Balaban J connectivity index is 0.000000157. The van der Waals surface area contributed by atoms with Gasteiger partial charge in [0.05, 0.1) is 16.6 Å². The number of carboxylic acids is 1. The van der Waals surface area contributed by atoms with Crippen molar-refractivity contribution in [2.75, 3.05) is 0 Å². The molecule has 0 aromatic rings. The van der Waals surface area contributed by atoms with Gasteiger partial charge < -0.3 is 20.1 Å². The lowest BCUT2D eigenvalue weighted by Crippen LogP contribution is -2.65. The Kier molecular flexibility index (Phi) is 14.8. The van der Waals surface area contributed by atoms with Gasteiger partial charge in [0.25, 0.3) is 6.47 Å². The highest BCUT2D eigenvalue weighted by Crippen LogP contribution is 2.78. The molecule has 0 aromatic heterocycles. The number of carbonyl (C=O) groups is 2. The maximum atomic E-state index is 13.1. The molecule has 0 aromatic carbocycles. The van der Waals surface area contributed by atoms with E-state index in [2.05, 4.69) is 111 Å². The Labute approximate surface area is 511 Å². The Hall–Kier alpha value is -2.18. The minimum Gasteiger partial charge on any atom is -0.481 e. The molecule has 0 amide bonds. The van der Waals surface area contributed by atoms with E-state index in [1.54, 1.807) is 16.7 Å². The molecule has 0 spiro atoms. The van der Waals surface area contributed by atoms with E-state index in [1.165, 1.54) is 103 Å². The van der Waals surface area contributed by atoms with Crippen molar-refractivity contribution < 1.29 is 29.6 Å². The average molecular weight is 1150 g/mol. The van der Waals surface area contributed by atoms with Crippen LogP contribution < -0.4 is 0 Å². The molecule has 0 aliphatic heterocycles. The molecule has 0 saturated heterocycles. The van der Waals surface area contributed by atoms with E-state index in [1.807, 2.05) is 27.9 Å². The lowest BCUT2D eigenvalue weighted by molar-refractivity contribution is -0.198. The fourth-order valence-electron chi connectivity index (χ4n) is 28.6. The van der Waals surface area contributed by atoms with E-state index in [9.17, 15) is 24.9 Å². The van der Waals surface area contributed by atoms with Crippen LogP contribution in [0.15, 0.2) is 44.6 Å². The van der Waals surface area contributed by atoms with Crippen LogP contribution in [-0.4, -0.2) is 44.6 Å². The van der Waals surface area contributed by atoms with Crippen LogP contribution in [0.25, 0.3) is 0 Å². The Bertz CT molecular complexity index is 2780. The molecule has 3 N–H and O–H groups in total. The van der Waals surface area contributed by atoms with Crippen LogP contribution in [0.3, 0.4) is 0 Å². The van der Waals surface area contributed by atoms with Crippen LogP contribution in [0.4, 0.5) is 0 Å². The molecule has 6 nitrogen and oxygen atoms in total. The molecule has 6 heteroatoms. The monoisotopic (exact) mass is 1150 g/mol. The van der Waals surface area contributed by atoms with Gasteiger partial charge >= 0.3 is 5.97 Å². The number of fused-ring (bicyclic) bond motifs is 12. The standard InChI is InChI=1S/C40H60O4.C38H60O2/c1-22(2)24-11-13-28-32-26(19-30-37(28,5)15-9-17-39(30,7)36(42)43)27-20-31-38(6,16-10-18-40(31,8)44-21-41)29-14-12-25(23(3)4)35(33(27)29)34(24)32;1-21(2)23-11-13-27-31-25(19-29-35(27,5)15-9-17-37(29,7)39)26-20-30-36(6,16-10-18-38(30,8)40)28-14-12-24(22(3)4)34(32(26)28)33(23)31/h21,23,25-32,34H,9-20H2,1-8H3,(H,42,43);21,23,25-30,32,34,39-40H,9-20H2,1-8H3. The summed E-state index contributed by atoms with van der Waals surface area (Å²) < 4.78 is 6.13. The number of rotatable bonds is 5. The first-order chi connectivity index (χ1) is 39.4. The number of hydrogen-bond acceptors (Lipinski definition) is 5. The fraction of sp³-hybridized carbons (Fsp3) is 0.872. The van der Waals surface area contributed by atoms with Crippen molar-refractivity contribution in [2.45, 2.75) is 282 Å². The Morgan fingerprint density at radius 3 is 1.36 bits per heavy atom. The molecule has 26 unspecified atom stereocenters. The molecule has 10 fully saturated rings. The van der Waals surface area contributed by atoms with Crippen molar-refractivity contribution in [3.8, 4) is 0 Å². The molecule has 14 rings (SSSR count). The average Bonchev–Trinajstić information content (AvgIpc) is 0.708. The van der Waals surface area contributed by atoms with Crippen molar-refractivity contribution in [1.29, 1.82) is 0 Å². The highest BCUT2D eigenvalue weighted by molar-refractivity contribution is 5.75. The van der Waals surface area contributed by atoms with E-state index in [0.717, 1.165) is 75.6 Å². The third-order valence-corrected chi connectivity index (χ3v) is 31.9. The zero-order chi connectivity index (χ0) is 60.1. The van der Waals surface area contributed by atoms with E-state index in [4.69, 9.17) is 4.74 Å². The molecule has 26 atom stereocenters. The summed E-state index contributed by atoms with van der Waals surface area (Å²) >= 11 is 0. The summed E-state index contributed by atoms with van der Waals surface area (Å²) in [4.78, 5) is 25.1. The van der Waals surface area contributed by atoms with Crippen LogP contribution in [0, 0.1) is 145 Å². The molecule has 0 bridgehead atoms. The summed E-state index contributed by atoms with van der Waals surface area (Å²) in [5, 5.41) is 34.8. The van der Waals surface area contributed by atoms with Crippen molar-refractivity contribution >= 4 is 12.4 Å². The van der Waals surface area contributed by atoms with Gasteiger partial charge in [0.15, 0.2) is 0 Å². The third-order valence-electron chi connectivity index (χ3n) is 31.9. The first kappa shape index (κ1) is 60.7. The van der Waals surface area contributed by atoms with E-state index in [-0.39, 0.29) is 27.6 Å². The summed E-state index contributed by atoms with van der Waals surface area (Å²) in [5.74, 6) is 10.9. The number of carboxylic acid groups (broad SMARTS) is 1. The largest absolute Gasteiger partial charge is 0.481 e. The molecular weight excluding hydrogens is 1030 g/mol. The lowest BCUT2D eigenvalue weighted by atomic mass is 9.34. The SMILES string of the molecule is CC(C)=C1CCC2C3C1C1=C4C(CC5C(C)(O)CCCC5(C)C4CCC1C(C)C)C3CC1C(C)(O)CCCC21C.CC(C)=C1CCC2C3C1C1=C4C(CC5C(C)(OC=O)CCCC5(C)C4CCC1C(C)C)C3CC1C(C)(C(=O)O)CCCC21C. The van der Waals surface area contributed by atoms with Gasteiger partial charge in [-0.2, -0.15) is 0 Å². The Morgan fingerprint density at radius 1 is 0.500 bits per heavy atom. The van der Waals surface area contributed by atoms with E-state index >= 15 is 0 Å². The third kappa shape index (κ3) is 8.34. The van der Waals surface area contributed by atoms with Crippen LogP contribution in [-0.2, 0) is 14.3 Å². The minimum atomic E-state index is -0.644. The summed E-state index contributed by atoms with van der Waals surface area (Å²) in [6.07, 6.45) is 28.1. The van der Waals surface area contributed by atoms with Crippen molar-refractivity contribution in [3.63, 3.8) is 0 Å². The molecule has 84 heavy (non-hydrogen) atoms. The summed E-state index contributed by atoms with van der Waals surface area (Å²) in [6.45, 7) is 39.4. The van der Waals surface area contributed by atoms with Gasteiger partial charge in [0.2, 0.25) is 0 Å². The smallest absolute Gasteiger partial charge is 0.309 e. The molecule has 468 valence electrons. The zero-order valence-corrected chi connectivity index (χ0v) is 56.2. The van der Waals surface area contributed by atoms with Gasteiger partial charge in [-0.25, -0.2) is 0 Å². The quantitative estimate of drug-likeness (QED) is 0.187. The summed E-state index contributed by atoms with van der Waals surface area (Å²) in [7, 11) is 0. The number of hydrogen-bond donors (Lipinski definition) is 3. The van der Waals surface area contributed by atoms with Crippen molar-refractivity contribution in [3.05, 3.63) is 44.6 Å². The van der Waals surface area contributed by atoms with Crippen LogP contribution in [0.2, 0.25) is 0 Å². The van der Waals surface area contributed by atoms with Crippen LogP contribution in [0.1, 0.15) is 265 Å². The highest BCUT2D eigenvalue weighted by atomic mass is 16.5. The lowest BCUT2D eigenvalue weighted by Gasteiger charge is -2.70. The normalized spacial score (nSPS) is 53.0. The van der Waals surface area contributed by atoms with Gasteiger partial charge in [-0.15, -0.1) is 0 Å². The second kappa shape index (κ2) is 20.4. The molecule has 0 heterocycles.